The van der Waals surface area contributed by atoms with Crippen molar-refractivity contribution in [1.29, 1.82) is 0 Å². The van der Waals surface area contributed by atoms with Crippen LogP contribution in [0.4, 0.5) is 0 Å². The van der Waals surface area contributed by atoms with E-state index in [1.807, 2.05) is 73.0 Å². The lowest BCUT2D eigenvalue weighted by atomic mass is 10.2. The van der Waals surface area contributed by atoms with Crippen molar-refractivity contribution in [1.82, 2.24) is 14.5 Å². The molecule has 0 saturated heterocycles. The summed E-state index contributed by atoms with van der Waals surface area (Å²) in [6.45, 7) is 4.24. The quantitative estimate of drug-likeness (QED) is 0.601. The predicted octanol–water partition coefficient (Wildman–Crippen LogP) is 3.33. The molecule has 0 atom stereocenters. The van der Waals surface area contributed by atoms with E-state index < -0.39 is 5.97 Å². The van der Waals surface area contributed by atoms with Gasteiger partial charge in [0.2, 0.25) is 5.91 Å². The topological polar surface area (TPSA) is 84.7 Å². The number of aliphatic carboxylic acids is 1. The van der Waals surface area contributed by atoms with Crippen molar-refractivity contribution in [3.63, 3.8) is 0 Å². The molecule has 152 valence electrons. The van der Waals surface area contributed by atoms with Crippen LogP contribution in [0.25, 0.3) is 11.0 Å². The first-order valence-electron chi connectivity index (χ1n) is 9.59. The average Bonchev–Trinajstić information content (AvgIpc) is 3.04. The van der Waals surface area contributed by atoms with E-state index in [2.05, 4.69) is 4.98 Å². The summed E-state index contributed by atoms with van der Waals surface area (Å²) in [4.78, 5) is 30.1. The Bertz CT molecular complexity index is 982. The van der Waals surface area contributed by atoms with Crippen LogP contribution in [-0.2, 0) is 22.7 Å². The van der Waals surface area contributed by atoms with Gasteiger partial charge in [-0.1, -0.05) is 30.3 Å². The molecule has 0 aliphatic rings. The third-order valence-electron chi connectivity index (χ3n) is 4.65. The lowest BCUT2D eigenvalue weighted by Crippen LogP contribution is -2.40. The fraction of sp³-hybridized carbons (Fsp3) is 0.318. The summed E-state index contributed by atoms with van der Waals surface area (Å²) in [5.74, 6) is 0.298. The van der Waals surface area contributed by atoms with E-state index in [4.69, 9.17) is 9.84 Å². The molecule has 7 heteroatoms. The van der Waals surface area contributed by atoms with Gasteiger partial charge in [0, 0.05) is 12.6 Å². The third-order valence-corrected chi connectivity index (χ3v) is 4.65. The van der Waals surface area contributed by atoms with Crippen molar-refractivity contribution in [2.24, 2.45) is 0 Å². The molecule has 1 N–H and O–H groups in total. The van der Waals surface area contributed by atoms with Crippen LogP contribution >= 0.6 is 0 Å². The van der Waals surface area contributed by atoms with E-state index >= 15 is 0 Å². The highest BCUT2D eigenvalue weighted by Gasteiger charge is 2.21. The van der Waals surface area contributed by atoms with Crippen LogP contribution < -0.4 is 4.74 Å². The number of carboxylic acid groups (broad SMARTS) is 1. The zero-order chi connectivity index (χ0) is 20.8. The number of amides is 1. The Balaban J connectivity index is 1.84. The summed E-state index contributed by atoms with van der Waals surface area (Å²) < 4.78 is 7.69. The van der Waals surface area contributed by atoms with Gasteiger partial charge < -0.3 is 19.3 Å². The number of rotatable bonds is 9. The number of ether oxygens (including phenoxy) is 1. The number of para-hydroxylation sites is 3. The van der Waals surface area contributed by atoms with Crippen molar-refractivity contribution in [2.75, 3.05) is 6.54 Å². The van der Waals surface area contributed by atoms with Gasteiger partial charge in [0.1, 0.15) is 24.7 Å². The van der Waals surface area contributed by atoms with Crippen LogP contribution in [0.1, 0.15) is 26.1 Å². The molecule has 0 aliphatic heterocycles. The van der Waals surface area contributed by atoms with Crippen molar-refractivity contribution in [3.8, 4) is 5.75 Å². The third kappa shape index (κ3) is 5.13. The van der Waals surface area contributed by atoms with Crippen LogP contribution in [0, 0.1) is 0 Å². The number of carboxylic acids is 1. The molecule has 0 saturated carbocycles. The molecule has 2 aromatic carbocycles. The number of hydrogen-bond acceptors (Lipinski definition) is 4. The van der Waals surface area contributed by atoms with Gasteiger partial charge in [0.25, 0.3) is 0 Å². The van der Waals surface area contributed by atoms with E-state index in [0.29, 0.717) is 5.82 Å². The van der Waals surface area contributed by atoms with Crippen molar-refractivity contribution in [2.45, 2.75) is 39.5 Å². The monoisotopic (exact) mass is 395 g/mol. The molecule has 0 fully saturated rings. The van der Waals surface area contributed by atoms with E-state index in [0.717, 1.165) is 16.8 Å². The highest BCUT2D eigenvalue weighted by molar-refractivity contribution is 5.81. The molecule has 7 nitrogen and oxygen atoms in total. The summed E-state index contributed by atoms with van der Waals surface area (Å²) in [7, 11) is 0. The van der Waals surface area contributed by atoms with Crippen LogP contribution in [0.3, 0.4) is 0 Å². The van der Waals surface area contributed by atoms with Gasteiger partial charge in [-0.25, -0.2) is 4.98 Å². The maximum Gasteiger partial charge on any atom is 0.305 e. The summed E-state index contributed by atoms with van der Waals surface area (Å²) in [5.41, 5.74) is 1.63. The SMILES string of the molecule is CC(C)N(CCC(=O)O)C(=O)Cn1c(COc2ccccc2)nc2ccccc21. The molecule has 0 unspecified atom stereocenters. The van der Waals surface area contributed by atoms with Gasteiger partial charge in [-0.05, 0) is 38.1 Å². The number of hydrogen-bond donors (Lipinski definition) is 1. The number of carbonyl (C=O) groups excluding carboxylic acids is 1. The molecule has 0 radical (unpaired) electrons. The van der Waals surface area contributed by atoms with E-state index in [-0.39, 0.29) is 38.1 Å². The first-order valence-corrected chi connectivity index (χ1v) is 9.59. The molecule has 0 bridgehead atoms. The second-order valence-corrected chi connectivity index (χ2v) is 7.03. The van der Waals surface area contributed by atoms with Crippen LogP contribution in [0.15, 0.2) is 54.6 Å². The summed E-state index contributed by atoms with van der Waals surface area (Å²) in [6, 6.07) is 16.9. The number of imidazole rings is 1. The molecule has 0 spiro atoms. The van der Waals surface area contributed by atoms with Gasteiger partial charge in [-0.2, -0.15) is 0 Å². The molecule has 29 heavy (non-hydrogen) atoms. The zero-order valence-electron chi connectivity index (χ0n) is 16.6. The lowest BCUT2D eigenvalue weighted by Gasteiger charge is -2.26. The highest BCUT2D eigenvalue weighted by Crippen LogP contribution is 2.19. The Morgan fingerprint density at radius 2 is 1.79 bits per heavy atom. The molecule has 1 amide bonds. The molecule has 3 aromatic rings. The smallest absolute Gasteiger partial charge is 0.305 e. The van der Waals surface area contributed by atoms with Crippen LogP contribution in [0.5, 0.6) is 5.75 Å². The second-order valence-electron chi connectivity index (χ2n) is 7.03. The van der Waals surface area contributed by atoms with Crippen molar-refractivity contribution >= 4 is 22.9 Å². The Morgan fingerprint density at radius 3 is 2.48 bits per heavy atom. The average molecular weight is 395 g/mol. The largest absolute Gasteiger partial charge is 0.486 e. The summed E-state index contributed by atoms with van der Waals surface area (Å²) >= 11 is 0. The van der Waals surface area contributed by atoms with Gasteiger partial charge in [0.05, 0.1) is 17.5 Å². The van der Waals surface area contributed by atoms with Gasteiger partial charge in [-0.15, -0.1) is 0 Å². The van der Waals surface area contributed by atoms with Crippen LogP contribution in [-0.4, -0.2) is 44.0 Å². The number of aromatic nitrogens is 2. The maximum atomic E-state index is 13.0. The molecule has 3 rings (SSSR count). The number of benzene rings is 2. The minimum Gasteiger partial charge on any atom is -0.486 e. The minimum atomic E-state index is -0.923. The summed E-state index contributed by atoms with van der Waals surface area (Å²) in [6.07, 6.45) is -0.0848. The van der Waals surface area contributed by atoms with Gasteiger partial charge in [-0.3, -0.25) is 9.59 Å². The zero-order valence-corrected chi connectivity index (χ0v) is 16.6. The van der Waals surface area contributed by atoms with Crippen molar-refractivity contribution < 1.29 is 19.4 Å². The predicted molar refractivity (Wildman–Crippen MR) is 110 cm³/mol. The number of nitrogens with zero attached hydrogens (tertiary/aromatic N) is 3. The van der Waals surface area contributed by atoms with Crippen molar-refractivity contribution in [3.05, 3.63) is 60.4 Å². The Morgan fingerprint density at radius 1 is 1.10 bits per heavy atom. The van der Waals surface area contributed by atoms with Gasteiger partial charge in [0.15, 0.2) is 0 Å². The molecule has 1 heterocycles. The first kappa shape index (κ1) is 20.4. The van der Waals surface area contributed by atoms with E-state index in [1.165, 1.54) is 0 Å². The Kier molecular flexibility index (Phi) is 6.49. The first-order chi connectivity index (χ1) is 14.0. The normalized spacial score (nSPS) is 11.0. The molecule has 0 aliphatic carbocycles. The fourth-order valence-electron chi connectivity index (χ4n) is 3.19. The fourth-order valence-corrected chi connectivity index (χ4v) is 3.19. The second kappa shape index (κ2) is 9.23. The lowest BCUT2D eigenvalue weighted by molar-refractivity contribution is -0.139. The maximum absolute atomic E-state index is 13.0. The van der Waals surface area contributed by atoms with E-state index in [9.17, 15) is 9.59 Å². The molecular formula is C22H25N3O4. The standard InChI is InChI=1S/C22H25N3O4/c1-16(2)24(13-12-22(27)28)21(26)14-25-19-11-7-6-10-18(19)23-20(25)15-29-17-8-4-3-5-9-17/h3-11,16H,12-15H2,1-2H3,(H,27,28). The summed E-state index contributed by atoms with van der Waals surface area (Å²) in [5, 5.41) is 8.98. The number of carbonyl (C=O) groups is 2. The molecular weight excluding hydrogens is 370 g/mol. The number of fused-ring (bicyclic) bond motifs is 1. The minimum absolute atomic E-state index is 0.0752. The Labute approximate surface area is 169 Å². The Hall–Kier alpha value is -3.35. The van der Waals surface area contributed by atoms with Crippen LogP contribution in [0.2, 0.25) is 0 Å². The van der Waals surface area contributed by atoms with E-state index in [1.54, 1.807) is 4.90 Å². The highest BCUT2D eigenvalue weighted by atomic mass is 16.5. The van der Waals surface area contributed by atoms with Gasteiger partial charge >= 0.3 is 5.97 Å². The molecule has 1 aromatic heterocycles.